The molecule has 9 heteroatoms. The smallest absolute Gasteiger partial charge is 0.178 e. The molecular formula is C18H22O7S2. The molecule has 148 valence electrons. The first-order valence-corrected chi connectivity index (χ1v) is 11.6. The van der Waals surface area contributed by atoms with Crippen molar-refractivity contribution < 1.29 is 31.8 Å². The molecule has 0 heterocycles. The van der Waals surface area contributed by atoms with Gasteiger partial charge in [0.1, 0.15) is 11.5 Å². The monoisotopic (exact) mass is 414 g/mol. The first-order chi connectivity index (χ1) is 12.8. The van der Waals surface area contributed by atoms with Crippen molar-refractivity contribution in [3.63, 3.8) is 0 Å². The lowest BCUT2D eigenvalue weighted by Gasteiger charge is -2.09. The zero-order valence-corrected chi connectivity index (χ0v) is 16.2. The van der Waals surface area contributed by atoms with Crippen LogP contribution < -0.4 is 4.74 Å². The van der Waals surface area contributed by atoms with E-state index in [1.165, 1.54) is 48.5 Å². The summed E-state index contributed by atoms with van der Waals surface area (Å²) in [7, 11) is -6.88. The molecule has 0 aromatic heterocycles. The zero-order chi connectivity index (χ0) is 19.9. The van der Waals surface area contributed by atoms with Gasteiger partial charge in [0, 0.05) is 13.2 Å². The maximum atomic E-state index is 12.0. The van der Waals surface area contributed by atoms with Crippen LogP contribution in [0.4, 0.5) is 0 Å². The number of aliphatic hydroxyl groups excluding tert-OH is 2. The summed E-state index contributed by atoms with van der Waals surface area (Å²) in [6.45, 7) is -0.377. The van der Waals surface area contributed by atoms with Gasteiger partial charge in [-0.3, -0.25) is 0 Å². The van der Waals surface area contributed by atoms with Crippen LogP contribution in [0.3, 0.4) is 0 Å². The van der Waals surface area contributed by atoms with Gasteiger partial charge < -0.3 is 14.9 Å². The lowest BCUT2D eigenvalue weighted by Crippen LogP contribution is -2.08. The molecule has 0 aliphatic heterocycles. The lowest BCUT2D eigenvalue weighted by molar-refractivity contribution is 0.295. The Bertz CT molecular complexity index is 853. The maximum absolute atomic E-state index is 12.0. The molecule has 0 atom stereocenters. The number of aliphatic hydroxyl groups is 2. The third-order valence-corrected chi connectivity index (χ3v) is 7.38. The Labute approximate surface area is 159 Å². The Morgan fingerprint density at radius 3 is 1.26 bits per heavy atom. The van der Waals surface area contributed by atoms with Gasteiger partial charge in [-0.05, 0) is 61.4 Å². The third-order valence-electron chi connectivity index (χ3n) is 3.74. The van der Waals surface area contributed by atoms with E-state index in [0.717, 1.165) is 0 Å². The van der Waals surface area contributed by atoms with E-state index in [1.54, 1.807) is 0 Å². The van der Waals surface area contributed by atoms with Crippen LogP contribution in [-0.2, 0) is 19.7 Å². The van der Waals surface area contributed by atoms with E-state index in [1.807, 2.05) is 0 Å². The molecule has 0 bridgehead atoms. The predicted molar refractivity (Wildman–Crippen MR) is 100 cm³/mol. The van der Waals surface area contributed by atoms with E-state index < -0.39 is 19.7 Å². The van der Waals surface area contributed by atoms with Crippen molar-refractivity contribution in [3.8, 4) is 11.5 Å². The van der Waals surface area contributed by atoms with E-state index in [-0.39, 0.29) is 47.4 Å². The predicted octanol–water partition coefficient (Wildman–Crippen LogP) is 1.79. The van der Waals surface area contributed by atoms with Crippen LogP contribution in [0.15, 0.2) is 58.3 Å². The van der Waals surface area contributed by atoms with Gasteiger partial charge in [-0.25, -0.2) is 16.8 Å². The Kier molecular flexibility index (Phi) is 7.37. The van der Waals surface area contributed by atoms with Gasteiger partial charge in [0.25, 0.3) is 0 Å². The van der Waals surface area contributed by atoms with Gasteiger partial charge >= 0.3 is 0 Å². The highest BCUT2D eigenvalue weighted by atomic mass is 32.2. The average Bonchev–Trinajstić information content (AvgIpc) is 2.66. The fourth-order valence-electron chi connectivity index (χ4n) is 2.31. The van der Waals surface area contributed by atoms with E-state index in [2.05, 4.69) is 0 Å². The molecule has 0 saturated heterocycles. The van der Waals surface area contributed by atoms with Crippen molar-refractivity contribution in [2.75, 3.05) is 24.7 Å². The first kappa shape index (κ1) is 21.4. The fraction of sp³-hybridized carbons (Fsp3) is 0.333. The van der Waals surface area contributed by atoms with Gasteiger partial charge in [0.2, 0.25) is 0 Å². The molecule has 0 saturated carbocycles. The standard InChI is InChI=1S/C18H22O7S2/c19-11-1-13-26(21,22)17-7-3-15(4-8-17)25-16-5-9-18(10-6-16)27(23,24)14-2-12-20/h3-10,19-20H,1-2,11-14H2. The molecule has 7 nitrogen and oxygen atoms in total. The number of ether oxygens (including phenoxy) is 1. The lowest BCUT2D eigenvalue weighted by atomic mass is 10.3. The molecule has 2 aromatic rings. The number of hydrogen-bond donors (Lipinski definition) is 2. The quantitative estimate of drug-likeness (QED) is 0.608. The topological polar surface area (TPSA) is 118 Å². The highest BCUT2D eigenvalue weighted by Crippen LogP contribution is 2.25. The molecule has 0 spiro atoms. The van der Waals surface area contributed by atoms with Crippen molar-refractivity contribution in [3.05, 3.63) is 48.5 Å². The van der Waals surface area contributed by atoms with Gasteiger partial charge in [-0.1, -0.05) is 0 Å². The Morgan fingerprint density at radius 2 is 0.963 bits per heavy atom. The summed E-state index contributed by atoms with van der Waals surface area (Å²) in [6.07, 6.45) is 0.349. The van der Waals surface area contributed by atoms with Crippen LogP contribution in [0.2, 0.25) is 0 Å². The number of sulfone groups is 2. The minimum absolute atomic E-state index is 0.129. The molecule has 27 heavy (non-hydrogen) atoms. The van der Waals surface area contributed by atoms with E-state index in [0.29, 0.717) is 11.5 Å². The second-order valence-electron chi connectivity index (χ2n) is 5.84. The molecular weight excluding hydrogens is 392 g/mol. The molecule has 0 amide bonds. The van der Waals surface area contributed by atoms with E-state index >= 15 is 0 Å². The summed E-state index contributed by atoms with van der Waals surface area (Å²) in [4.78, 5) is 0.294. The molecule has 0 unspecified atom stereocenters. The number of benzene rings is 2. The second-order valence-corrected chi connectivity index (χ2v) is 10.1. The minimum atomic E-state index is -3.44. The van der Waals surface area contributed by atoms with Crippen molar-refractivity contribution in [2.45, 2.75) is 22.6 Å². The van der Waals surface area contributed by atoms with Crippen LogP contribution in [0, 0.1) is 0 Å². The summed E-state index contributed by atoms with van der Waals surface area (Å²) in [5.74, 6) is 0.560. The first-order valence-electron chi connectivity index (χ1n) is 8.34. The molecule has 2 aromatic carbocycles. The molecule has 2 N–H and O–H groups in total. The fourth-order valence-corrected chi connectivity index (χ4v) is 4.90. The number of rotatable bonds is 10. The maximum Gasteiger partial charge on any atom is 0.178 e. The van der Waals surface area contributed by atoms with Gasteiger partial charge in [0.15, 0.2) is 19.7 Å². The van der Waals surface area contributed by atoms with Crippen LogP contribution >= 0.6 is 0 Å². The molecule has 0 radical (unpaired) electrons. The largest absolute Gasteiger partial charge is 0.457 e. The van der Waals surface area contributed by atoms with Crippen molar-refractivity contribution in [1.29, 1.82) is 0 Å². The summed E-state index contributed by atoms with van der Waals surface area (Å²) >= 11 is 0. The van der Waals surface area contributed by atoms with E-state index in [9.17, 15) is 16.8 Å². The SMILES string of the molecule is O=S(=O)(CCCO)c1ccc(Oc2ccc(S(=O)(=O)CCCO)cc2)cc1. The minimum Gasteiger partial charge on any atom is -0.457 e. The van der Waals surface area contributed by atoms with Crippen molar-refractivity contribution >= 4 is 19.7 Å². The average molecular weight is 415 g/mol. The van der Waals surface area contributed by atoms with Gasteiger partial charge in [-0.2, -0.15) is 0 Å². The molecule has 0 fully saturated rings. The van der Waals surface area contributed by atoms with Crippen LogP contribution in [0.25, 0.3) is 0 Å². The second kappa shape index (κ2) is 9.32. The summed E-state index contributed by atoms with van der Waals surface area (Å²) in [6, 6.07) is 11.8. The third kappa shape index (κ3) is 6.03. The van der Waals surface area contributed by atoms with E-state index in [4.69, 9.17) is 14.9 Å². The Balaban J connectivity index is 2.07. The highest BCUT2D eigenvalue weighted by molar-refractivity contribution is 7.91. The normalized spacial score (nSPS) is 12.1. The van der Waals surface area contributed by atoms with Gasteiger partial charge in [0.05, 0.1) is 21.3 Å². The summed E-state index contributed by atoms with van der Waals surface area (Å²) in [5.41, 5.74) is 0. The van der Waals surface area contributed by atoms with Gasteiger partial charge in [-0.15, -0.1) is 0 Å². The number of hydrogen-bond acceptors (Lipinski definition) is 7. The Hall–Kier alpha value is -1.94. The highest BCUT2D eigenvalue weighted by Gasteiger charge is 2.15. The van der Waals surface area contributed by atoms with Crippen molar-refractivity contribution in [2.24, 2.45) is 0 Å². The Morgan fingerprint density at radius 1 is 0.630 bits per heavy atom. The molecule has 0 aliphatic carbocycles. The van der Waals surface area contributed by atoms with Crippen LogP contribution in [0.5, 0.6) is 11.5 Å². The molecule has 2 rings (SSSR count). The molecule has 0 aliphatic rings. The van der Waals surface area contributed by atoms with Crippen LogP contribution in [-0.4, -0.2) is 51.8 Å². The zero-order valence-electron chi connectivity index (χ0n) is 14.6. The summed E-state index contributed by atoms with van der Waals surface area (Å²) < 4.78 is 53.8. The summed E-state index contributed by atoms with van der Waals surface area (Å²) in [5, 5.41) is 17.5. The van der Waals surface area contributed by atoms with Crippen molar-refractivity contribution in [1.82, 2.24) is 0 Å². The van der Waals surface area contributed by atoms with Crippen LogP contribution in [0.1, 0.15) is 12.8 Å².